The van der Waals surface area contributed by atoms with Crippen molar-refractivity contribution in [1.29, 1.82) is 0 Å². The molecule has 0 aliphatic heterocycles. The first-order valence-corrected chi connectivity index (χ1v) is 8.34. The number of nitrogens with one attached hydrogen (secondary N) is 3. The van der Waals surface area contributed by atoms with Crippen molar-refractivity contribution in [2.45, 2.75) is 52.0 Å². The standard InChI is InChI=1S/C16H28N4O4/c1-10(2)12(21)11(6-4-9-19-15(17)24)20-14(23)16(7-5-8-16)13(22)18-3/h10-11H,4-9H2,1-3H3,(H,18,22)(H,20,23)(H3,17,19,24). The number of Topliss-reactive ketones (excluding diaryl/α,β-unsaturated/α-hetero) is 1. The average molecular weight is 340 g/mol. The van der Waals surface area contributed by atoms with Gasteiger partial charge in [0, 0.05) is 19.5 Å². The molecule has 4 amide bonds. The topological polar surface area (TPSA) is 130 Å². The summed E-state index contributed by atoms with van der Waals surface area (Å²) in [4.78, 5) is 47.7. The fourth-order valence-corrected chi connectivity index (χ4v) is 2.83. The Morgan fingerprint density at radius 1 is 1.12 bits per heavy atom. The SMILES string of the molecule is CNC(=O)C1(C(=O)NC(CCCNC(N)=O)C(=O)C(C)C)CCC1. The summed E-state index contributed by atoms with van der Waals surface area (Å²) >= 11 is 0. The fourth-order valence-electron chi connectivity index (χ4n) is 2.83. The lowest BCUT2D eigenvalue weighted by Gasteiger charge is -2.39. The highest BCUT2D eigenvalue weighted by Crippen LogP contribution is 2.41. The summed E-state index contributed by atoms with van der Waals surface area (Å²) in [5.41, 5.74) is 3.94. The number of carbonyl (C=O) groups excluding carboxylic acids is 4. The normalized spacial score (nSPS) is 16.7. The summed E-state index contributed by atoms with van der Waals surface area (Å²) in [5, 5.41) is 7.74. The monoisotopic (exact) mass is 340 g/mol. The molecule has 1 aliphatic rings. The molecule has 1 atom stereocenters. The van der Waals surface area contributed by atoms with Gasteiger partial charge in [0.1, 0.15) is 5.41 Å². The van der Waals surface area contributed by atoms with Crippen molar-refractivity contribution >= 4 is 23.6 Å². The molecule has 5 N–H and O–H groups in total. The van der Waals surface area contributed by atoms with Crippen molar-refractivity contribution in [3.63, 3.8) is 0 Å². The molecule has 136 valence electrons. The van der Waals surface area contributed by atoms with E-state index in [1.54, 1.807) is 13.8 Å². The minimum atomic E-state index is -1.06. The van der Waals surface area contributed by atoms with Crippen LogP contribution in [0.3, 0.4) is 0 Å². The van der Waals surface area contributed by atoms with Gasteiger partial charge < -0.3 is 21.7 Å². The van der Waals surface area contributed by atoms with Gasteiger partial charge in [-0.2, -0.15) is 0 Å². The molecule has 1 rings (SSSR count). The maximum absolute atomic E-state index is 12.6. The van der Waals surface area contributed by atoms with Gasteiger partial charge in [0.25, 0.3) is 0 Å². The van der Waals surface area contributed by atoms with Crippen molar-refractivity contribution < 1.29 is 19.2 Å². The maximum atomic E-state index is 12.6. The third-order valence-corrected chi connectivity index (χ3v) is 4.49. The minimum absolute atomic E-state index is 0.0891. The first-order valence-electron chi connectivity index (χ1n) is 8.34. The van der Waals surface area contributed by atoms with Crippen LogP contribution < -0.4 is 21.7 Å². The van der Waals surface area contributed by atoms with Crippen LogP contribution in [0.2, 0.25) is 0 Å². The van der Waals surface area contributed by atoms with E-state index in [1.165, 1.54) is 7.05 Å². The molecular weight excluding hydrogens is 312 g/mol. The Morgan fingerprint density at radius 3 is 2.17 bits per heavy atom. The van der Waals surface area contributed by atoms with Crippen LogP contribution in [0.15, 0.2) is 0 Å². The Kier molecular flexibility index (Phi) is 7.18. The molecule has 0 spiro atoms. The molecule has 1 saturated carbocycles. The van der Waals surface area contributed by atoms with Gasteiger partial charge in [0.15, 0.2) is 5.78 Å². The number of urea groups is 1. The Hall–Kier alpha value is -2.12. The Morgan fingerprint density at radius 2 is 1.75 bits per heavy atom. The summed E-state index contributed by atoms with van der Waals surface area (Å²) in [6, 6.07) is -1.30. The number of hydrogen-bond acceptors (Lipinski definition) is 4. The van der Waals surface area contributed by atoms with Gasteiger partial charge in [-0.05, 0) is 25.7 Å². The lowest BCUT2D eigenvalue weighted by Crippen LogP contribution is -2.57. The van der Waals surface area contributed by atoms with E-state index in [4.69, 9.17) is 5.73 Å². The van der Waals surface area contributed by atoms with Gasteiger partial charge >= 0.3 is 6.03 Å². The van der Waals surface area contributed by atoms with Gasteiger partial charge in [0.2, 0.25) is 11.8 Å². The highest BCUT2D eigenvalue weighted by Gasteiger charge is 2.51. The molecule has 0 aromatic heterocycles. The van der Waals surface area contributed by atoms with E-state index in [9.17, 15) is 19.2 Å². The molecule has 0 heterocycles. The predicted molar refractivity (Wildman–Crippen MR) is 88.9 cm³/mol. The number of primary amides is 1. The zero-order valence-electron chi connectivity index (χ0n) is 14.6. The summed E-state index contributed by atoms with van der Waals surface area (Å²) < 4.78 is 0. The second-order valence-corrected chi connectivity index (χ2v) is 6.53. The van der Waals surface area contributed by atoms with E-state index in [1.807, 2.05) is 0 Å². The molecule has 8 heteroatoms. The zero-order chi connectivity index (χ0) is 18.3. The van der Waals surface area contributed by atoms with E-state index < -0.39 is 23.4 Å². The van der Waals surface area contributed by atoms with E-state index in [0.29, 0.717) is 32.2 Å². The predicted octanol–water partition coefficient (Wildman–Crippen LogP) is 0.0611. The van der Waals surface area contributed by atoms with Crippen molar-refractivity contribution in [2.75, 3.05) is 13.6 Å². The summed E-state index contributed by atoms with van der Waals surface area (Å²) in [6.07, 6.45) is 2.67. The Bertz CT molecular complexity index is 500. The quantitative estimate of drug-likeness (QED) is 0.349. The first kappa shape index (κ1) is 19.9. The Labute approximate surface area is 142 Å². The first-order chi connectivity index (χ1) is 11.2. The lowest BCUT2D eigenvalue weighted by molar-refractivity contribution is -0.150. The van der Waals surface area contributed by atoms with Crippen LogP contribution in [0.4, 0.5) is 4.79 Å². The smallest absolute Gasteiger partial charge is 0.312 e. The zero-order valence-corrected chi connectivity index (χ0v) is 14.6. The van der Waals surface area contributed by atoms with Gasteiger partial charge in [-0.15, -0.1) is 0 Å². The van der Waals surface area contributed by atoms with Crippen molar-refractivity contribution in [2.24, 2.45) is 17.1 Å². The minimum Gasteiger partial charge on any atom is -0.358 e. The number of amides is 4. The number of nitrogens with two attached hydrogens (primary N) is 1. The van der Waals surface area contributed by atoms with E-state index in [2.05, 4.69) is 16.0 Å². The summed E-state index contributed by atoms with van der Waals surface area (Å²) in [6.45, 7) is 3.86. The van der Waals surface area contributed by atoms with Crippen LogP contribution in [-0.2, 0) is 14.4 Å². The van der Waals surface area contributed by atoms with Crippen LogP contribution in [0.25, 0.3) is 0 Å². The lowest BCUT2D eigenvalue weighted by atomic mass is 9.67. The third kappa shape index (κ3) is 4.69. The number of rotatable bonds is 9. The third-order valence-electron chi connectivity index (χ3n) is 4.49. The number of ketones is 1. The van der Waals surface area contributed by atoms with E-state index >= 15 is 0 Å². The van der Waals surface area contributed by atoms with E-state index in [0.717, 1.165) is 6.42 Å². The van der Waals surface area contributed by atoms with Crippen LogP contribution in [0.1, 0.15) is 46.0 Å². The molecule has 0 aromatic carbocycles. The van der Waals surface area contributed by atoms with Crippen molar-refractivity contribution in [3.8, 4) is 0 Å². The number of carbonyl (C=O) groups is 4. The summed E-state index contributed by atoms with van der Waals surface area (Å²) in [7, 11) is 1.50. The molecule has 1 fully saturated rings. The van der Waals surface area contributed by atoms with Crippen LogP contribution >= 0.6 is 0 Å². The van der Waals surface area contributed by atoms with Crippen molar-refractivity contribution in [3.05, 3.63) is 0 Å². The molecule has 0 radical (unpaired) electrons. The van der Waals surface area contributed by atoms with Gasteiger partial charge in [-0.1, -0.05) is 20.3 Å². The average Bonchev–Trinajstić information content (AvgIpc) is 2.47. The van der Waals surface area contributed by atoms with Gasteiger partial charge in [-0.3, -0.25) is 14.4 Å². The van der Waals surface area contributed by atoms with Crippen molar-refractivity contribution in [1.82, 2.24) is 16.0 Å². The van der Waals surface area contributed by atoms with Crippen LogP contribution in [0, 0.1) is 11.3 Å². The van der Waals surface area contributed by atoms with Gasteiger partial charge in [-0.25, -0.2) is 4.79 Å². The fraction of sp³-hybridized carbons (Fsp3) is 0.750. The van der Waals surface area contributed by atoms with Crippen LogP contribution in [-0.4, -0.2) is 43.3 Å². The van der Waals surface area contributed by atoms with E-state index in [-0.39, 0.29) is 17.6 Å². The highest BCUT2D eigenvalue weighted by atomic mass is 16.2. The molecule has 1 aliphatic carbocycles. The molecule has 8 nitrogen and oxygen atoms in total. The summed E-state index contributed by atoms with van der Waals surface area (Å²) in [5.74, 6) is -1.03. The Balaban J connectivity index is 2.73. The molecule has 0 bridgehead atoms. The maximum Gasteiger partial charge on any atom is 0.312 e. The molecule has 1 unspecified atom stereocenters. The molecule has 0 aromatic rings. The second kappa shape index (κ2) is 8.65. The molecule has 0 saturated heterocycles. The number of hydrogen-bond donors (Lipinski definition) is 4. The molecular formula is C16H28N4O4. The highest BCUT2D eigenvalue weighted by molar-refractivity contribution is 6.07. The molecule has 24 heavy (non-hydrogen) atoms. The van der Waals surface area contributed by atoms with Crippen LogP contribution in [0.5, 0.6) is 0 Å². The largest absolute Gasteiger partial charge is 0.358 e. The second-order valence-electron chi connectivity index (χ2n) is 6.53. The van der Waals surface area contributed by atoms with Gasteiger partial charge in [0.05, 0.1) is 6.04 Å².